The maximum absolute atomic E-state index is 12.8. The van der Waals surface area contributed by atoms with Crippen molar-refractivity contribution in [2.45, 2.75) is 255 Å². The Labute approximate surface area is 410 Å². The third-order valence-corrected chi connectivity index (χ3v) is 41.9. The Bertz CT molecular complexity index is 1080. The fraction of sp³-hybridized carbons (Fsp3) is 0.852. The molecule has 0 N–H and O–H groups in total. The Balaban J connectivity index is 4.86. The number of hydrogen-bond acceptors (Lipinski definition) is 10. The normalized spacial score (nSPS) is 11.8. The standard InChI is InChI=1S/2C20H38O2S.2C7H13O2.Sn/c2*1-2-3-4-5-6-7-8-9-10-11-12-13-14-15-16-17-20(21)22-18-19-23;2*1-3-5-6-9-7(8)4-2;/h2*9-10,23H,2-8,11-19H2,1H3;2*2-6H2,1H3;/q;;;;+2/p-2/b10-9+;10-9-;;;. The maximum atomic E-state index is 12.8. The van der Waals surface area contributed by atoms with Gasteiger partial charge in [0, 0.05) is 0 Å². The predicted octanol–water partition coefficient (Wildman–Crippen LogP) is 16.5. The fourth-order valence-corrected chi connectivity index (χ4v) is 34.5. The summed E-state index contributed by atoms with van der Waals surface area (Å²) >= 11 is -3.42. The Morgan fingerprint density at radius 1 is 0.338 bits per heavy atom. The summed E-state index contributed by atoms with van der Waals surface area (Å²) in [5.41, 5.74) is 0. The van der Waals surface area contributed by atoms with Gasteiger partial charge < -0.3 is 0 Å². The SMILES string of the molecule is CCCCCCCC/C=C\CCCCCCCC(=O)OCC[S][Sn]([CH2]CC(=O)OCCCC)([CH2]CC(=O)OCCCC)[S]CCOC(=O)CCCCCCC/C=C/CCCCCCCC. The van der Waals surface area contributed by atoms with E-state index in [2.05, 4.69) is 52.0 Å². The van der Waals surface area contributed by atoms with E-state index < -0.39 is 15.6 Å². The zero-order valence-corrected chi connectivity index (χ0v) is 47.1. The first kappa shape index (κ1) is 63.9. The summed E-state index contributed by atoms with van der Waals surface area (Å²) in [7, 11) is 3.64. The van der Waals surface area contributed by atoms with Crippen LogP contribution in [-0.2, 0) is 38.1 Å². The van der Waals surface area contributed by atoms with Crippen LogP contribution in [0.1, 0.15) is 246 Å². The first-order chi connectivity index (χ1) is 31.8. The van der Waals surface area contributed by atoms with Crippen molar-refractivity contribution in [2.75, 3.05) is 37.9 Å². The molecule has 0 saturated carbocycles. The van der Waals surface area contributed by atoms with Gasteiger partial charge in [-0.05, 0) is 25.7 Å². The van der Waals surface area contributed by atoms with Crippen LogP contribution in [0.5, 0.6) is 0 Å². The van der Waals surface area contributed by atoms with E-state index in [-0.39, 0.29) is 23.9 Å². The van der Waals surface area contributed by atoms with Gasteiger partial charge in [-0.3, -0.25) is 0 Å². The minimum Gasteiger partial charge on any atom is -0.0885 e. The summed E-state index contributed by atoms with van der Waals surface area (Å²) < 4.78 is 23.8. The van der Waals surface area contributed by atoms with E-state index in [1.165, 1.54) is 116 Å². The molecule has 0 rings (SSSR count). The summed E-state index contributed by atoms with van der Waals surface area (Å²) in [6, 6.07) is 0. The van der Waals surface area contributed by atoms with Crippen molar-refractivity contribution in [2.24, 2.45) is 0 Å². The van der Waals surface area contributed by atoms with E-state index in [9.17, 15) is 19.2 Å². The van der Waals surface area contributed by atoms with E-state index in [4.69, 9.17) is 18.9 Å². The van der Waals surface area contributed by atoms with Crippen molar-refractivity contribution in [3.05, 3.63) is 24.3 Å². The predicted molar refractivity (Wildman–Crippen MR) is 282 cm³/mol. The van der Waals surface area contributed by atoms with Crippen LogP contribution >= 0.6 is 17.9 Å². The monoisotopic (exact) mass is 1060 g/mol. The number of unbranched alkanes of at least 4 members (excludes halogenated alkanes) is 24. The van der Waals surface area contributed by atoms with Crippen molar-refractivity contribution < 1.29 is 38.1 Å². The van der Waals surface area contributed by atoms with E-state index in [1.54, 1.807) is 0 Å². The molecular weight excluding hydrogens is 959 g/mol. The van der Waals surface area contributed by atoms with Crippen molar-refractivity contribution in [3.8, 4) is 0 Å². The van der Waals surface area contributed by atoms with Crippen LogP contribution < -0.4 is 0 Å². The summed E-state index contributed by atoms with van der Waals surface area (Å²) in [4.78, 5) is 51.0. The van der Waals surface area contributed by atoms with Crippen molar-refractivity contribution >= 4 is 57.4 Å². The number of esters is 4. The molecule has 8 nitrogen and oxygen atoms in total. The van der Waals surface area contributed by atoms with Gasteiger partial charge in [0.05, 0.1) is 0 Å². The van der Waals surface area contributed by atoms with Crippen LogP contribution in [0, 0.1) is 0 Å². The van der Waals surface area contributed by atoms with Crippen LogP contribution in [0.3, 0.4) is 0 Å². The van der Waals surface area contributed by atoms with E-state index in [0.29, 0.717) is 72.5 Å². The molecule has 0 atom stereocenters. The average molecular weight is 1060 g/mol. The molecule has 0 aromatic rings. The van der Waals surface area contributed by atoms with Gasteiger partial charge in [0.25, 0.3) is 0 Å². The minimum atomic E-state index is -3.42. The fourth-order valence-electron chi connectivity index (χ4n) is 7.44. The summed E-state index contributed by atoms with van der Waals surface area (Å²) in [5.74, 6) is 0.508. The molecule has 0 unspecified atom stereocenters. The van der Waals surface area contributed by atoms with Crippen LogP contribution in [0.2, 0.25) is 8.87 Å². The quantitative estimate of drug-likeness (QED) is 0.0192. The second kappa shape index (κ2) is 50.7. The molecule has 0 saturated heterocycles. The second-order valence-electron chi connectivity index (χ2n) is 17.9. The molecule has 11 heteroatoms. The molecule has 65 heavy (non-hydrogen) atoms. The zero-order valence-electron chi connectivity index (χ0n) is 42.6. The number of ether oxygens (including phenoxy) is 4. The third-order valence-electron chi connectivity index (χ3n) is 11.7. The Morgan fingerprint density at radius 3 is 0.954 bits per heavy atom. The van der Waals surface area contributed by atoms with Gasteiger partial charge in [-0.25, -0.2) is 0 Å². The van der Waals surface area contributed by atoms with Crippen molar-refractivity contribution in [3.63, 3.8) is 0 Å². The van der Waals surface area contributed by atoms with Crippen molar-refractivity contribution in [1.29, 1.82) is 0 Å². The molecule has 0 spiro atoms. The Kier molecular flexibility index (Phi) is 49.8. The van der Waals surface area contributed by atoms with E-state index in [0.717, 1.165) is 77.0 Å². The van der Waals surface area contributed by atoms with Gasteiger partial charge in [-0.15, -0.1) is 0 Å². The third kappa shape index (κ3) is 46.4. The van der Waals surface area contributed by atoms with E-state index >= 15 is 0 Å². The van der Waals surface area contributed by atoms with Gasteiger partial charge in [-0.1, -0.05) is 102 Å². The summed E-state index contributed by atoms with van der Waals surface area (Å²) in [6.45, 7) is 10.1. The number of allylic oxidation sites excluding steroid dienone is 4. The zero-order chi connectivity index (χ0) is 47.6. The molecule has 0 aromatic carbocycles. The minimum absolute atomic E-state index is 0.158. The van der Waals surface area contributed by atoms with Gasteiger partial charge in [0.15, 0.2) is 0 Å². The van der Waals surface area contributed by atoms with Crippen LogP contribution in [0.15, 0.2) is 24.3 Å². The number of hydrogen-bond donors (Lipinski definition) is 0. The van der Waals surface area contributed by atoms with Crippen molar-refractivity contribution in [1.82, 2.24) is 0 Å². The first-order valence-electron chi connectivity index (χ1n) is 27.0. The number of carbonyl (C=O) groups is 4. The van der Waals surface area contributed by atoms with Gasteiger partial charge in [-0.2, -0.15) is 0 Å². The van der Waals surface area contributed by atoms with Gasteiger partial charge >= 0.3 is 285 Å². The number of rotatable bonds is 50. The van der Waals surface area contributed by atoms with Crippen LogP contribution in [0.4, 0.5) is 0 Å². The first-order valence-corrected chi connectivity index (χ1v) is 40.0. The molecule has 0 bridgehead atoms. The molecule has 0 aliphatic rings. The smallest absolute Gasteiger partial charge is 0.0885 e. The second-order valence-corrected chi connectivity index (χ2v) is 44.5. The summed E-state index contributed by atoms with van der Waals surface area (Å²) in [5, 5.41) is 0. The van der Waals surface area contributed by atoms with E-state index in [1.807, 2.05) is 17.9 Å². The topological polar surface area (TPSA) is 105 Å². The van der Waals surface area contributed by atoms with Crippen LogP contribution in [-0.4, -0.2) is 77.4 Å². The molecule has 380 valence electrons. The van der Waals surface area contributed by atoms with Gasteiger partial charge in [0.2, 0.25) is 0 Å². The molecule has 0 amide bonds. The molecule has 0 radical (unpaired) electrons. The summed E-state index contributed by atoms with van der Waals surface area (Å²) in [6.07, 6.45) is 46.0. The molecule has 0 heterocycles. The molecule has 0 fully saturated rings. The molecular formula is C54H100O8S2Sn. The van der Waals surface area contributed by atoms with Crippen LogP contribution in [0.25, 0.3) is 0 Å². The Morgan fingerprint density at radius 2 is 0.615 bits per heavy atom. The van der Waals surface area contributed by atoms with Gasteiger partial charge in [0.1, 0.15) is 0 Å². The Hall–Kier alpha value is -1.14. The molecule has 0 aliphatic heterocycles. The average Bonchev–Trinajstić information content (AvgIpc) is 3.30. The molecule has 0 aromatic heterocycles. The number of carbonyl (C=O) groups excluding carboxylic acids is 4. The molecule has 0 aliphatic carbocycles.